The minimum absolute atomic E-state index is 0.0575. The first-order valence-electron chi connectivity index (χ1n) is 12.1. The predicted octanol–water partition coefficient (Wildman–Crippen LogP) is 5.10. The summed E-state index contributed by atoms with van der Waals surface area (Å²) in [5.41, 5.74) is 8.32. The Morgan fingerprint density at radius 3 is 2.52 bits per heavy atom. The van der Waals surface area contributed by atoms with Crippen molar-refractivity contribution < 1.29 is 9.18 Å². The van der Waals surface area contributed by atoms with Gasteiger partial charge in [-0.25, -0.2) is 9.18 Å². The Labute approximate surface area is 196 Å². The van der Waals surface area contributed by atoms with Crippen LogP contribution in [0.2, 0.25) is 0 Å². The summed E-state index contributed by atoms with van der Waals surface area (Å²) in [7, 11) is 0. The molecule has 1 aliphatic carbocycles. The maximum atomic E-state index is 13.2. The van der Waals surface area contributed by atoms with E-state index in [2.05, 4.69) is 11.0 Å². The maximum absolute atomic E-state index is 13.2. The van der Waals surface area contributed by atoms with Gasteiger partial charge in [0.1, 0.15) is 5.82 Å². The molecule has 0 spiro atoms. The molecule has 4 rings (SSSR count). The number of carbonyl (C=O) groups excluding carboxylic acids is 1. The van der Waals surface area contributed by atoms with Gasteiger partial charge in [-0.3, -0.25) is 4.90 Å². The summed E-state index contributed by atoms with van der Waals surface area (Å²) in [5, 5.41) is 9.28. The summed E-state index contributed by atoms with van der Waals surface area (Å²) < 4.78 is 13.2. The van der Waals surface area contributed by atoms with Crippen LogP contribution in [0.1, 0.15) is 49.7 Å². The highest BCUT2D eigenvalue weighted by Gasteiger charge is 2.35. The summed E-state index contributed by atoms with van der Waals surface area (Å²) in [6, 6.07) is 15.9. The number of halogens is 1. The molecule has 2 N–H and O–H groups in total. The van der Waals surface area contributed by atoms with E-state index in [1.54, 1.807) is 29.2 Å². The van der Waals surface area contributed by atoms with Crippen molar-refractivity contribution in [2.24, 2.45) is 17.6 Å². The zero-order valence-electron chi connectivity index (χ0n) is 19.1. The first-order valence-corrected chi connectivity index (χ1v) is 12.1. The fraction of sp³-hybridized carbons (Fsp3) is 0.481. The van der Waals surface area contributed by atoms with E-state index in [0.717, 1.165) is 63.8 Å². The van der Waals surface area contributed by atoms with Gasteiger partial charge < -0.3 is 10.6 Å². The molecule has 33 heavy (non-hydrogen) atoms. The fourth-order valence-electron chi connectivity index (χ4n) is 5.61. The number of hydrogen-bond donors (Lipinski definition) is 1. The lowest BCUT2D eigenvalue weighted by Gasteiger charge is -2.42. The van der Waals surface area contributed by atoms with Crippen LogP contribution >= 0.6 is 0 Å². The number of carbonyl (C=O) groups is 1. The highest BCUT2D eigenvalue weighted by atomic mass is 19.1. The van der Waals surface area contributed by atoms with Crippen LogP contribution in [-0.4, -0.2) is 36.6 Å². The molecule has 1 heterocycles. The van der Waals surface area contributed by atoms with Crippen molar-refractivity contribution in [2.45, 2.75) is 51.0 Å². The monoisotopic (exact) mass is 448 g/mol. The third-order valence-corrected chi connectivity index (χ3v) is 7.33. The van der Waals surface area contributed by atoms with Crippen molar-refractivity contribution in [3.63, 3.8) is 0 Å². The molecule has 0 aromatic heterocycles. The van der Waals surface area contributed by atoms with Crippen LogP contribution in [0, 0.1) is 29.0 Å². The first kappa shape index (κ1) is 23.3. The molecule has 1 aliphatic heterocycles. The molecule has 6 heteroatoms. The van der Waals surface area contributed by atoms with Crippen molar-refractivity contribution in [1.82, 2.24) is 4.90 Å². The molecule has 2 atom stereocenters. The van der Waals surface area contributed by atoms with Crippen LogP contribution < -0.4 is 10.6 Å². The lowest BCUT2D eigenvalue weighted by atomic mass is 9.82. The molecular weight excluding hydrogens is 415 g/mol. The Bertz CT molecular complexity index is 978. The minimum Gasteiger partial charge on any atom is -0.351 e. The van der Waals surface area contributed by atoms with Crippen LogP contribution in [0.4, 0.5) is 14.9 Å². The molecule has 0 radical (unpaired) electrons. The van der Waals surface area contributed by atoms with Crippen molar-refractivity contribution in [2.75, 3.05) is 24.5 Å². The molecule has 2 aliphatic rings. The van der Waals surface area contributed by atoms with E-state index in [1.807, 2.05) is 24.3 Å². The normalized spacial score (nSPS) is 21.9. The van der Waals surface area contributed by atoms with Gasteiger partial charge in [-0.2, -0.15) is 5.26 Å². The Hall–Kier alpha value is -2.91. The fourth-order valence-corrected chi connectivity index (χ4v) is 5.61. The number of urea groups is 1. The van der Waals surface area contributed by atoms with E-state index in [4.69, 9.17) is 5.73 Å². The van der Waals surface area contributed by atoms with Crippen LogP contribution in [0.3, 0.4) is 0 Å². The number of nitriles is 1. The number of rotatable bonds is 6. The molecule has 0 unspecified atom stereocenters. The molecule has 174 valence electrons. The number of hydrogen-bond acceptors (Lipinski definition) is 3. The van der Waals surface area contributed by atoms with E-state index in [0.29, 0.717) is 17.4 Å². The summed E-state index contributed by atoms with van der Waals surface area (Å²) >= 11 is 0. The lowest BCUT2D eigenvalue weighted by molar-refractivity contribution is 0.135. The second-order valence-corrected chi connectivity index (χ2v) is 9.56. The van der Waals surface area contributed by atoms with Gasteiger partial charge in [-0.05, 0) is 92.9 Å². The standard InChI is InChI=1S/C27H33FN4O/c28-24-10-8-20(9-11-24)16-21-12-14-31(15-13-21)19-23-5-1-2-7-26(23)32(27(30)33)25-6-3-4-22(17-25)18-29/h3-4,6,8-11,17,21,23,26H,1-2,5,7,12-16,19H2,(H2,30,33)/t23-,26+/m0/s1. The highest BCUT2D eigenvalue weighted by molar-refractivity contribution is 5.91. The van der Waals surface area contributed by atoms with Gasteiger partial charge >= 0.3 is 6.03 Å². The molecule has 2 aromatic carbocycles. The van der Waals surface area contributed by atoms with Gasteiger partial charge in [0.05, 0.1) is 11.6 Å². The van der Waals surface area contributed by atoms with E-state index in [1.165, 1.54) is 12.0 Å². The number of anilines is 1. The predicted molar refractivity (Wildman–Crippen MR) is 128 cm³/mol. The second kappa shape index (κ2) is 10.8. The summed E-state index contributed by atoms with van der Waals surface area (Å²) in [6.45, 7) is 3.07. The Morgan fingerprint density at radius 1 is 1.09 bits per heavy atom. The van der Waals surface area contributed by atoms with Gasteiger partial charge in [0.15, 0.2) is 0 Å². The molecule has 1 saturated heterocycles. The smallest absolute Gasteiger partial charge is 0.319 e. The average Bonchev–Trinajstić information content (AvgIpc) is 2.83. The van der Waals surface area contributed by atoms with Gasteiger partial charge in [-0.15, -0.1) is 0 Å². The average molecular weight is 449 g/mol. The van der Waals surface area contributed by atoms with Crippen LogP contribution in [0.5, 0.6) is 0 Å². The van der Waals surface area contributed by atoms with Gasteiger partial charge in [0, 0.05) is 18.3 Å². The van der Waals surface area contributed by atoms with E-state index in [-0.39, 0.29) is 11.9 Å². The number of amides is 2. The number of piperidine rings is 1. The first-order chi connectivity index (χ1) is 16.0. The molecule has 5 nitrogen and oxygen atoms in total. The SMILES string of the molecule is N#Cc1cccc(N(C(N)=O)[C@@H]2CCCC[C@H]2CN2CCC(Cc3ccc(F)cc3)CC2)c1. The zero-order chi connectivity index (χ0) is 23.2. The molecule has 2 fully saturated rings. The van der Waals surface area contributed by atoms with Crippen molar-refractivity contribution >= 4 is 11.7 Å². The van der Waals surface area contributed by atoms with E-state index in [9.17, 15) is 14.4 Å². The minimum atomic E-state index is -0.444. The van der Waals surface area contributed by atoms with Crippen LogP contribution in [-0.2, 0) is 6.42 Å². The third kappa shape index (κ3) is 5.91. The molecule has 2 amide bonds. The largest absolute Gasteiger partial charge is 0.351 e. The number of benzene rings is 2. The number of primary amides is 1. The van der Waals surface area contributed by atoms with Gasteiger partial charge in [0.25, 0.3) is 0 Å². The number of nitrogens with two attached hydrogens (primary N) is 1. The maximum Gasteiger partial charge on any atom is 0.319 e. The van der Waals surface area contributed by atoms with E-state index >= 15 is 0 Å². The highest BCUT2D eigenvalue weighted by Crippen LogP contribution is 2.34. The van der Waals surface area contributed by atoms with E-state index < -0.39 is 6.03 Å². The quantitative estimate of drug-likeness (QED) is 0.668. The van der Waals surface area contributed by atoms with Crippen LogP contribution in [0.15, 0.2) is 48.5 Å². The lowest BCUT2D eigenvalue weighted by Crippen LogP contribution is -2.52. The number of nitrogens with zero attached hydrogens (tertiary/aromatic N) is 3. The molecule has 1 saturated carbocycles. The Morgan fingerprint density at radius 2 is 1.82 bits per heavy atom. The third-order valence-electron chi connectivity index (χ3n) is 7.33. The van der Waals surface area contributed by atoms with Crippen molar-refractivity contribution in [3.8, 4) is 6.07 Å². The van der Waals surface area contributed by atoms with Crippen molar-refractivity contribution in [3.05, 3.63) is 65.5 Å². The zero-order valence-corrected chi connectivity index (χ0v) is 19.1. The molecule has 2 aromatic rings. The Balaban J connectivity index is 1.38. The summed E-state index contributed by atoms with van der Waals surface area (Å²) in [6.07, 6.45) is 7.56. The topological polar surface area (TPSA) is 73.4 Å². The summed E-state index contributed by atoms with van der Waals surface area (Å²) in [4.78, 5) is 16.8. The van der Waals surface area contributed by atoms with Crippen LogP contribution in [0.25, 0.3) is 0 Å². The van der Waals surface area contributed by atoms with Gasteiger partial charge in [0.2, 0.25) is 0 Å². The number of likely N-dealkylation sites (tertiary alicyclic amines) is 1. The van der Waals surface area contributed by atoms with Gasteiger partial charge in [-0.1, -0.05) is 31.0 Å². The van der Waals surface area contributed by atoms with Crippen molar-refractivity contribution in [1.29, 1.82) is 5.26 Å². The second-order valence-electron chi connectivity index (χ2n) is 9.56. The summed E-state index contributed by atoms with van der Waals surface area (Å²) in [5.74, 6) is 0.815. The Kier molecular flexibility index (Phi) is 7.61. The molecular formula is C27H33FN4O. The molecule has 0 bridgehead atoms.